The molecule has 2 aromatic rings. The zero-order chi connectivity index (χ0) is 13.8. The van der Waals surface area contributed by atoms with Crippen molar-refractivity contribution in [1.29, 1.82) is 0 Å². The Morgan fingerprint density at radius 3 is 2.58 bits per heavy atom. The SMILES string of the molecule is Cc1c(F)cc(OCc2ccccc2)cc1[N+](=O)[O-]. The Labute approximate surface area is 109 Å². The molecular weight excluding hydrogens is 249 g/mol. The Balaban J connectivity index is 2.19. The minimum atomic E-state index is -0.641. The fourth-order valence-electron chi connectivity index (χ4n) is 1.65. The second-order valence-electron chi connectivity index (χ2n) is 4.08. The van der Waals surface area contributed by atoms with E-state index in [4.69, 9.17) is 4.74 Å². The van der Waals surface area contributed by atoms with Gasteiger partial charge >= 0.3 is 0 Å². The molecule has 2 aromatic carbocycles. The van der Waals surface area contributed by atoms with Crippen molar-refractivity contribution in [3.8, 4) is 5.75 Å². The largest absolute Gasteiger partial charge is 0.489 e. The van der Waals surface area contributed by atoms with Crippen LogP contribution in [0.15, 0.2) is 42.5 Å². The van der Waals surface area contributed by atoms with Crippen LogP contribution < -0.4 is 4.74 Å². The van der Waals surface area contributed by atoms with Gasteiger partial charge in [-0.25, -0.2) is 4.39 Å². The summed E-state index contributed by atoms with van der Waals surface area (Å²) in [7, 11) is 0. The highest BCUT2D eigenvalue weighted by atomic mass is 19.1. The Morgan fingerprint density at radius 1 is 1.26 bits per heavy atom. The van der Waals surface area contributed by atoms with E-state index in [1.807, 2.05) is 30.3 Å². The van der Waals surface area contributed by atoms with Gasteiger partial charge in [-0.1, -0.05) is 30.3 Å². The summed E-state index contributed by atoms with van der Waals surface area (Å²) in [6, 6.07) is 11.7. The standard InChI is InChI=1S/C14H12FNO3/c1-10-13(15)7-12(8-14(10)16(17)18)19-9-11-5-3-2-4-6-11/h2-8H,9H2,1H3. The van der Waals surface area contributed by atoms with Gasteiger partial charge in [-0.15, -0.1) is 0 Å². The van der Waals surface area contributed by atoms with Crippen LogP contribution in [0.25, 0.3) is 0 Å². The Bertz CT molecular complexity index is 599. The van der Waals surface area contributed by atoms with Gasteiger partial charge in [0.2, 0.25) is 0 Å². The summed E-state index contributed by atoms with van der Waals surface area (Å²) in [5.41, 5.74) is 0.645. The second-order valence-corrected chi connectivity index (χ2v) is 4.08. The Hall–Kier alpha value is -2.43. The lowest BCUT2D eigenvalue weighted by molar-refractivity contribution is -0.385. The van der Waals surface area contributed by atoms with Gasteiger partial charge in [-0.05, 0) is 12.5 Å². The fraction of sp³-hybridized carbons (Fsp3) is 0.143. The van der Waals surface area contributed by atoms with E-state index in [0.29, 0.717) is 0 Å². The molecule has 4 nitrogen and oxygen atoms in total. The van der Waals surface area contributed by atoms with Crippen molar-refractivity contribution in [3.05, 3.63) is 69.5 Å². The molecule has 98 valence electrons. The molecule has 0 fully saturated rings. The van der Waals surface area contributed by atoms with Crippen molar-refractivity contribution < 1.29 is 14.1 Å². The van der Waals surface area contributed by atoms with E-state index in [9.17, 15) is 14.5 Å². The van der Waals surface area contributed by atoms with Gasteiger partial charge in [-0.2, -0.15) is 0 Å². The van der Waals surface area contributed by atoms with E-state index in [-0.39, 0.29) is 23.6 Å². The van der Waals surface area contributed by atoms with Crippen LogP contribution in [0.3, 0.4) is 0 Å². The molecule has 5 heteroatoms. The molecule has 0 amide bonds. The summed E-state index contributed by atoms with van der Waals surface area (Å²) < 4.78 is 18.9. The normalized spacial score (nSPS) is 10.2. The maximum atomic E-state index is 13.5. The van der Waals surface area contributed by atoms with Crippen molar-refractivity contribution in [2.45, 2.75) is 13.5 Å². The van der Waals surface area contributed by atoms with Crippen LogP contribution in [0.5, 0.6) is 5.75 Å². The van der Waals surface area contributed by atoms with E-state index < -0.39 is 10.7 Å². The number of benzene rings is 2. The molecule has 0 unspecified atom stereocenters. The van der Waals surface area contributed by atoms with Crippen LogP contribution in [0.4, 0.5) is 10.1 Å². The molecule has 0 atom stereocenters. The summed E-state index contributed by atoms with van der Waals surface area (Å²) in [5.74, 6) is -0.490. The molecule has 0 aliphatic carbocycles. The molecule has 0 heterocycles. The molecule has 19 heavy (non-hydrogen) atoms. The van der Waals surface area contributed by atoms with Crippen LogP contribution in [-0.4, -0.2) is 4.92 Å². The van der Waals surface area contributed by atoms with Crippen LogP contribution in [0.1, 0.15) is 11.1 Å². The zero-order valence-corrected chi connectivity index (χ0v) is 10.3. The van der Waals surface area contributed by atoms with E-state index in [0.717, 1.165) is 11.6 Å². The number of hydrogen-bond donors (Lipinski definition) is 0. The Kier molecular flexibility index (Phi) is 3.75. The molecular formula is C14H12FNO3. The number of nitro groups is 1. The summed E-state index contributed by atoms with van der Waals surface area (Å²) in [6.45, 7) is 1.61. The highest BCUT2D eigenvalue weighted by Gasteiger charge is 2.16. The predicted molar refractivity (Wildman–Crippen MR) is 68.6 cm³/mol. The lowest BCUT2D eigenvalue weighted by Crippen LogP contribution is -1.99. The third-order valence-electron chi connectivity index (χ3n) is 2.74. The first kappa shape index (κ1) is 13.0. The van der Waals surface area contributed by atoms with Crippen LogP contribution >= 0.6 is 0 Å². The van der Waals surface area contributed by atoms with Crippen LogP contribution in [0, 0.1) is 22.9 Å². The molecule has 0 aromatic heterocycles. The molecule has 0 N–H and O–H groups in total. The number of ether oxygens (including phenoxy) is 1. The van der Waals surface area contributed by atoms with E-state index in [1.54, 1.807) is 0 Å². The highest BCUT2D eigenvalue weighted by molar-refractivity contribution is 5.46. The average Bonchev–Trinajstić information content (AvgIpc) is 2.41. The monoisotopic (exact) mass is 261 g/mol. The smallest absolute Gasteiger partial charge is 0.278 e. The van der Waals surface area contributed by atoms with Crippen molar-refractivity contribution >= 4 is 5.69 Å². The van der Waals surface area contributed by atoms with Gasteiger partial charge < -0.3 is 4.74 Å². The molecule has 0 aliphatic heterocycles. The van der Waals surface area contributed by atoms with Gasteiger partial charge in [0.1, 0.15) is 18.2 Å². The third-order valence-corrected chi connectivity index (χ3v) is 2.74. The Morgan fingerprint density at radius 2 is 1.95 bits per heavy atom. The van der Waals surface area contributed by atoms with Crippen LogP contribution in [0.2, 0.25) is 0 Å². The topological polar surface area (TPSA) is 52.4 Å². The lowest BCUT2D eigenvalue weighted by Gasteiger charge is -2.07. The van der Waals surface area contributed by atoms with E-state index in [2.05, 4.69) is 0 Å². The number of halogens is 1. The third kappa shape index (κ3) is 3.07. The minimum absolute atomic E-state index is 0.0112. The highest BCUT2D eigenvalue weighted by Crippen LogP contribution is 2.27. The predicted octanol–water partition coefficient (Wildman–Crippen LogP) is 3.62. The fourth-order valence-corrected chi connectivity index (χ4v) is 1.65. The molecule has 0 spiro atoms. The quantitative estimate of drug-likeness (QED) is 0.624. The second kappa shape index (κ2) is 5.48. The molecule has 0 saturated heterocycles. The maximum Gasteiger partial charge on any atom is 0.278 e. The van der Waals surface area contributed by atoms with E-state index in [1.165, 1.54) is 13.0 Å². The van der Waals surface area contributed by atoms with Gasteiger partial charge in [0, 0.05) is 6.07 Å². The number of nitrogens with zero attached hydrogens (tertiary/aromatic N) is 1. The van der Waals surface area contributed by atoms with E-state index >= 15 is 0 Å². The lowest BCUT2D eigenvalue weighted by atomic mass is 10.2. The summed E-state index contributed by atoms with van der Waals surface area (Å²) >= 11 is 0. The maximum absolute atomic E-state index is 13.5. The molecule has 0 saturated carbocycles. The molecule has 2 rings (SSSR count). The van der Waals surface area contributed by atoms with Crippen molar-refractivity contribution in [3.63, 3.8) is 0 Å². The first-order valence-corrected chi connectivity index (χ1v) is 5.69. The molecule has 0 radical (unpaired) electrons. The average molecular weight is 261 g/mol. The number of nitro benzene ring substituents is 1. The summed E-state index contributed by atoms with van der Waals surface area (Å²) in [5, 5.41) is 10.8. The molecule has 0 bridgehead atoms. The zero-order valence-electron chi connectivity index (χ0n) is 10.3. The number of hydrogen-bond acceptors (Lipinski definition) is 3. The van der Waals surface area contributed by atoms with Crippen molar-refractivity contribution in [1.82, 2.24) is 0 Å². The number of rotatable bonds is 4. The summed E-state index contributed by atoms with van der Waals surface area (Å²) in [6.07, 6.45) is 0. The first-order chi connectivity index (χ1) is 9.08. The van der Waals surface area contributed by atoms with Crippen LogP contribution in [-0.2, 0) is 6.61 Å². The summed E-state index contributed by atoms with van der Waals surface area (Å²) in [4.78, 5) is 10.2. The van der Waals surface area contributed by atoms with Crippen molar-refractivity contribution in [2.24, 2.45) is 0 Å². The van der Waals surface area contributed by atoms with Gasteiger partial charge in [-0.3, -0.25) is 10.1 Å². The van der Waals surface area contributed by atoms with Gasteiger partial charge in [0.05, 0.1) is 16.6 Å². The van der Waals surface area contributed by atoms with Crippen molar-refractivity contribution in [2.75, 3.05) is 0 Å². The minimum Gasteiger partial charge on any atom is -0.489 e. The molecule has 0 aliphatic rings. The van der Waals surface area contributed by atoms with Gasteiger partial charge in [0.25, 0.3) is 5.69 Å². The van der Waals surface area contributed by atoms with Gasteiger partial charge in [0.15, 0.2) is 0 Å². The first-order valence-electron chi connectivity index (χ1n) is 5.69.